The van der Waals surface area contributed by atoms with Crippen LogP contribution < -0.4 is 11.1 Å². The van der Waals surface area contributed by atoms with Gasteiger partial charge in [0.1, 0.15) is 5.82 Å². The van der Waals surface area contributed by atoms with Crippen LogP contribution >= 0.6 is 0 Å². The SMILES string of the molecule is Nc1cc(Nc2ccc3ccccc3n2)cc2cccnc12. The van der Waals surface area contributed by atoms with Crippen LogP contribution in [0.25, 0.3) is 21.8 Å². The maximum atomic E-state index is 6.08. The van der Waals surface area contributed by atoms with Gasteiger partial charge in [-0.15, -0.1) is 0 Å². The van der Waals surface area contributed by atoms with E-state index >= 15 is 0 Å². The number of nitrogens with zero attached hydrogens (tertiary/aromatic N) is 2. The highest BCUT2D eigenvalue weighted by atomic mass is 15.0. The van der Waals surface area contributed by atoms with Crippen LogP contribution in [-0.4, -0.2) is 9.97 Å². The molecule has 0 bridgehead atoms. The molecule has 0 amide bonds. The van der Waals surface area contributed by atoms with Crippen molar-refractivity contribution in [1.82, 2.24) is 9.97 Å². The molecule has 2 heterocycles. The first-order valence-corrected chi connectivity index (χ1v) is 7.07. The number of pyridine rings is 2. The van der Waals surface area contributed by atoms with E-state index in [0.29, 0.717) is 5.69 Å². The lowest BCUT2D eigenvalue weighted by Gasteiger charge is -2.09. The van der Waals surface area contributed by atoms with Crippen molar-refractivity contribution in [2.24, 2.45) is 0 Å². The lowest BCUT2D eigenvalue weighted by molar-refractivity contribution is 1.37. The number of hydrogen-bond donors (Lipinski definition) is 2. The predicted octanol–water partition coefficient (Wildman–Crippen LogP) is 4.11. The van der Waals surface area contributed by atoms with Gasteiger partial charge in [-0.1, -0.05) is 24.3 Å². The van der Waals surface area contributed by atoms with Gasteiger partial charge in [0.05, 0.1) is 16.7 Å². The van der Waals surface area contributed by atoms with E-state index in [1.54, 1.807) is 6.20 Å². The minimum Gasteiger partial charge on any atom is -0.397 e. The van der Waals surface area contributed by atoms with E-state index in [1.165, 1.54) is 0 Å². The summed E-state index contributed by atoms with van der Waals surface area (Å²) in [6.07, 6.45) is 1.75. The smallest absolute Gasteiger partial charge is 0.131 e. The first kappa shape index (κ1) is 12.6. The Morgan fingerprint density at radius 2 is 1.73 bits per heavy atom. The number of aromatic nitrogens is 2. The molecule has 0 saturated carbocycles. The fourth-order valence-corrected chi connectivity index (χ4v) is 2.58. The monoisotopic (exact) mass is 286 g/mol. The van der Waals surface area contributed by atoms with E-state index in [9.17, 15) is 0 Å². The van der Waals surface area contributed by atoms with Gasteiger partial charge >= 0.3 is 0 Å². The number of para-hydroxylation sites is 1. The van der Waals surface area contributed by atoms with Crippen LogP contribution in [0.1, 0.15) is 0 Å². The van der Waals surface area contributed by atoms with Crippen LogP contribution in [-0.2, 0) is 0 Å². The molecular weight excluding hydrogens is 272 g/mol. The highest BCUT2D eigenvalue weighted by molar-refractivity contribution is 5.93. The highest BCUT2D eigenvalue weighted by Crippen LogP contribution is 2.26. The Labute approximate surface area is 127 Å². The lowest BCUT2D eigenvalue weighted by Crippen LogP contribution is -1.96. The molecule has 0 radical (unpaired) electrons. The van der Waals surface area contributed by atoms with Crippen molar-refractivity contribution in [2.45, 2.75) is 0 Å². The Morgan fingerprint density at radius 1 is 0.864 bits per heavy atom. The Balaban J connectivity index is 1.75. The molecule has 0 fully saturated rings. The minimum absolute atomic E-state index is 0.654. The summed E-state index contributed by atoms with van der Waals surface area (Å²) < 4.78 is 0. The minimum atomic E-state index is 0.654. The molecule has 4 heteroatoms. The Kier molecular flexibility index (Phi) is 2.86. The number of fused-ring (bicyclic) bond motifs is 2. The van der Waals surface area contributed by atoms with Crippen LogP contribution in [0.15, 0.2) is 66.9 Å². The van der Waals surface area contributed by atoms with Gasteiger partial charge in [0.15, 0.2) is 0 Å². The molecule has 106 valence electrons. The molecule has 0 aliphatic carbocycles. The zero-order chi connectivity index (χ0) is 14.9. The molecule has 3 N–H and O–H groups in total. The average Bonchev–Trinajstić information content (AvgIpc) is 2.55. The molecule has 2 aromatic heterocycles. The third-order valence-electron chi connectivity index (χ3n) is 3.61. The van der Waals surface area contributed by atoms with Crippen molar-refractivity contribution in [1.29, 1.82) is 0 Å². The van der Waals surface area contributed by atoms with Crippen molar-refractivity contribution in [3.63, 3.8) is 0 Å². The maximum Gasteiger partial charge on any atom is 0.131 e. The summed E-state index contributed by atoms with van der Waals surface area (Å²) in [5, 5.41) is 5.44. The molecule has 0 spiro atoms. The molecule has 0 aliphatic heterocycles. The van der Waals surface area contributed by atoms with Gasteiger partial charge in [-0.05, 0) is 36.4 Å². The summed E-state index contributed by atoms with van der Waals surface area (Å²) in [6, 6.07) is 19.9. The second kappa shape index (κ2) is 5.00. The van der Waals surface area contributed by atoms with Gasteiger partial charge in [-0.25, -0.2) is 4.98 Å². The van der Waals surface area contributed by atoms with Gasteiger partial charge in [-0.2, -0.15) is 0 Å². The number of benzene rings is 2. The molecule has 0 atom stereocenters. The summed E-state index contributed by atoms with van der Waals surface area (Å²) >= 11 is 0. The van der Waals surface area contributed by atoms with Gasteiger partial charge in [0.2, 0.25) is 0 Å². The van der Waals surface area contributed by atoms with E-state index in [-0.39, 0.29) is 0 Å². The third kappa shape index (κ3) is 2.20. The van der Waals surface area contributed by atoms with E-state index < -0.39 is 0 Å². The number of nitrogen functional groups attached to an aromatic ring is 1. The molecule has 2 aromatic carbocycles. The largest absolute Gasteiger partial charge is 0.397 e. The van der Waals surface area contributed by atoms with E-state index in [0.717, 1.165) is 33.3 Å². The van der Waals surface area contributed by atoms with E-state index in [1.807, 2.05) is 54.6 Å². The summed E-state index contributed by atoms with van der Waals surface area (Å²) in [7, 11) is 0. The average molecular weight is 286 g/mol. The van der Waals surface area contributed by atoms with Crippen LogP contribution in [0.4, 0.5) is 17.2 Å². The van der Waals surface area contributed by atoms with Crippen LogP contribution in [0.5, 0.6) is 0 Å². The van der Waals surface area contributed by atoms with Crippen molar-refractivity contribution >= 4 is 39.0 Å². The quantitative estimate of drug-likeness (QED) is 0.544. The van der Waals surface area contributed by atoms with Crippen LogP contribution in [0.3, 0.4) is 0 Å². The molecule has 0 unspecified atom stereocenters. The molecule has 0 aliphatic rings. The molecule has 4 rings (SSSR count). The fourth-order valence-electron chi connectivity index (χ4n) is 2.58. The van der Waals surface area contributed by atoms with Gasteiger partial charge in [0.25, 0.3) is 0 Å². The molecular formula is C18H14N4. The third-order valence-corrected chi connectivity index (χ3v) is 3.61. The number of rotatable bonds is 2. The predicted molar refractivity (Wildman–Crippen MR) is 91.2 cm³/mol. The second-order valence-electron chi connectivity index (χ2n) is 5.15. The Morgan fingerprint density at radius 3 is 2.68 bits per heavy atom. The van der Waals surface area contributed by atoms with Gasteiger partial charge in [0, 0.05) is 22.7 Å². The number of hydrogen-bond acceptors (Lipinski definition) is 4. The summed E-state index contributed by atoms with van der Waals surface area (Å²) in [6.45, 7) is 0. The molecule has 0 saturated heterocycles. The van der Waals surface area contributed by atoms with Crippen LogP contribution in [0, 0.1) is 0 Å². The molecule has 22 heavy (non-hydrogen) atoms. The van der Waals surface area contributed by atoms with Crippen molar-refractivity contribution in [3.8, 4) is 0 Å². The van der Waals surface area contributed by atoms with Crippen LogP contribution in [0.2, 0.25) is 0 Å². The van der Waals surface area contributed by atoms with Gasteiger partial charge in [-0.3, -0.25) is 4.98 Å². The first-order chi connectivity index (χ1) is 10.8. The fraction of sp³-hybridized carbons (Fsp3) is 0. The topological polar surface area (TPSA) is 63.8 Å². The second-order valence-corrected chi connectivity index (χ2v) is 5.15. The van der Waals surface area contributed by atoms with Gasteiger partial charge < -0.3 is 11.1 Å². The van der Waals surface area contributed by atoms with E-state index in [2.05, 4.69) is 21.4 Å². The summed E-state index contributed by atoms with van der Waals surface area (Å²) in [4.78, 5) is 8.91. The molecule has 4 nitrogen and oxygen atoms in total. The van der Waals surface area contributed by atoms with E-state index in [4.69, 9.17) is 5.73 Å². The van der Waals surface area contributed by atoms with Crippen molar-refractivity contribution in [2.75, 3.05) is 11.1 Å². The number of nitrogens with one attached hydrogen (secondary N) is 1. The molecule has 4 aromatic rings. The van der Waals surface area contributed by atoms with Crippen molar-refractivity contribution in [3.05, 3.63) is 66.9 Å². The Hall–Kier alpha value is -3.14. The maximum absolute atomic E-state index is 6.08. The standard InChI is InChI=1S/C18H14N4/c19-15-11-14(10-13-5-3-9-20-18(13)15)21-17-8-7-12-4-1-2-6-16(12)22-17/h1-11H,19H2,(H,21,22). The van der Waals surface area contributed by atoms with Crippen molar-refractivity contribution < 1.29 is 0 Å². The zero-order valence-electron chi connectivity index (χ0n) is 11.8. The number of nitrogens with two attached hydrogens (primary N) is 1. The first-order valence-electron chi connectivity index (χ1n) is 7.07. The highest BCUT2D eigenvalue weighted by Gasteiger charge is 2.04. The normalized spacial score (nSPS) is 10.9. The summed E-state index contributed by atoms with van der Waals surface area (Å²) in [5.41, 5.74) is 9.42. The zero-order valence-corrected chi connectivity index (χ0v) is 11.8. The number of anilines is 3. The summed E-state index contributed by atoms with van der Waals surface area (Å²) in [5.74, 6) is 0.793. The Bertz CT molecular complexity index is 979. The lowest BCUT2D eigenvalue weighted by atomic mass is 10.1.